The van der Waals surface area contributed by atoms with Crippen LogP contribution in [-0.2, 0) is 17.6 Å². The molecule has 1 aromatic carbocycles. The van der Waals surface area contributed by atoms with Crippen LogP contribution in [0.2, 0.25) is 0 Å². The maximum atomic E-state index is 10.8. The highest BCUT2D eigenvalue weighted by Crippen LogP contribution is 2.33. The zero-order valence-electron chi connectivity index (χ0n) is 12.2. The Balaban J connectivity index is 1.88. The van der Waals surface area contributed by atoms with E-state index in [1.165, 1.54) is 11.1 Å². The SMILES string of the molecule is Cc1cc(Nc2cccc3c2CC(CC=O)CC3)ncn1. The van der Waals surface area contributed by atoms with E-state index in [-0.39, 0.29) is 0 Å². The summed E-state index contributed by atoms with van der Waals surface area (Å²) in [5.74, 6) is 1.28. The van der Waals surface area contributed by atoms with Crippen molar-refractivity contribution in [1.29, 1.82) is 0 Å². The first-order chi connectivity index (χ1) is 10.3. The molecular formula is C17H19N3O. The van der Waals surface area contributed by atoms with Crippen LogP contribution in [0.1, 0.15) is 29.7 Å². The molecule has 0 radical (unpaired) electrons. The van der Waals surface area contributed by atoms with Gasteiger partial charge in [0.1, 0.15) is 18.4 Å². The monoisotopic (exact) mass is 281 g/mol. The van der Waals surface area contributed by atoms with Gasteiger partial charge in [0.15, 0.2) is 0 Å². The van der Waals surface area contributed by atoms with Gasteiger partial charge in [-0.3, -0.25) is 0 Å². The Morgan fingerprint density at radius 3 is 3.10 bits per heavy atom. The Hall–Kier alpha value is -2.23. The molecule has 1 aliphatic rings. The molecular weight excluding hydrogens is 262 g/mol. The van der Waals surface area contributed by atoms with E-state index in [0.29, 0.717) is 12.3 Å². The van der Waals surface area contributed by atoms with Gasteiger partial charge in [0.05, 0.1) is 0 Å². The topological polar surface area (TPSA) is 54.9 Å². The molecule has 1 aromatic heterocycles. The van der Waals surface area contributed by atoms with Gasteiger partial charge in [0, 0.05) is 23.9 Å². The van der Waals surface area contributed by atoms with Gasteiger partial charge in [0.25, 0.3) is 0 Å². The van der Waals surface area contributed by atoms with Crippen molar-refractivity contribution in [2.45, 2.75) is 32.6 Å². The third-order valence-corrected chi connectivity index (χ3v) is 4.08. The molecule has 0 saturated heterocycles. The smallest absolute Gasteiger partial charge is 0.133 e. The Bertz CT molecular complexity index is 654. The maximum Gasteiger partial charge on any atom is 0.133 e. The second-order valence-corrected chi connectivity index (χ2v) is 5.62. The Labute approximate surface area is 124 Å². The average Bonchev–Trinajstić information content (AvgIpc) is 2.48. The molecule has 1 aliphatic carbocycles. The summed E-state index contributed by atoms with van der Waals surface area (Å²) in [5, 5.41) is 3.40. The van der Waals surface area contributed by atoms with Crippen LogP contribution >= 0.6 is 0 Å². The van der Waals surface area contributed by atoms with Crippen molar-refractivity contribution in [3.8, 4) is 0 Å². The summed E-state index contributed by atoms with van der Waals surface area (Å²) < 4.78 is 0. The number of aldehydes is 1. The summed E-state index contributed by atoms with van der Waals surface area (Å²) in [6.45, 7) is 1.95. The summed E-state index contributed by atoms with van der Waals surface area (Å²) in [4.78, 5) is 19.1. The first-order valence-corrected chi connectivity index (χ1v) is 7.36. The lowest BCUT2D eigenvalue weighted by molar-refractivity contribution is -0.108. The summed E-state index contributed by atoms with van der Waals surface area (Å²) >= 11 is 0. The molecule has 1 N–H and O–H groups in total. The highest BCUT2D eigenvalue weighted by Gasteiger charge is 2.20. The standard InChI is InChI=1S/C17H19N3O/c1-12-9-17(19-11-18-12)20-16-4-2-3-14-6-5-13(7-8-21)10-15(14)16/h2-4,8-9,11,13H,5-7,10H2,1H3,(H,18,19,20). The number of fused-ring (bicyclic) bond motifs is 1. The fourth-order valence-electron chi connectivity index (χ4n) is 2.98. The Morgan fingerprint density at radius 1 is 1.38 bits per heavy atom. The number of nitrogens with one attached hydrogen (secondary N) is 1. The first kappa shape index (κ1) is 13.7. The van der Waals surface area contributed by atoms with E-state index >= 15 is 0 Å². The second-order valence-electron chi connectivity index (χ2n) is 5.62. The number of aryl methyl sites for hydroxylation is 2. The largest absolute Gasteiger partial charge is 0.340 e. The molecule has 0 amide bonds. The number of carbonyl (C=O) groups excluding carboxylic acids is 1. The number of anilines is 2. The van der Waals surface area contributed by atoms with E-state index in [0.717, 1.165) is 42.7 Å². The van der Waals surface area contributed by atoms with Crippen molar-refractivity contribution >= 4 is 17.8 Å². The highest BCUT2D eigenvalue weighted by molar-refractivity contribution is 5.63. The van der Waals surface area contributed by atoms with Crippen LogP contribution in [0.25, 0.3) is 0 Å². The molecule has 0 aliphatic heterocycles. The first-order valence-electron chi connectivity index (χ1n) is 7.36. The molecule has 2 aromatic rings. The number of hydrogen-bond acceptors (Lipinski definition) is 4. The molecule has 108 valence electrons. The fourth-order valence-corrected chi connectivity index (χ4v) is 2.98. The van der Waals surface area contributed by atoms with Crippen LogP contribution in [0.4, 0.5) is 11.5 Å². The molecule has 4 heteroatoms. The number of rotatable bonds is 4. The van der Waals surface area contributed by atoms with Crippen molar-refractivity contribution < 1.29 is 4.79 Å². The molecule has 0 spiro atoms. The van der Waals surface area contributed by atoms with Crippen LogP contribution < -0.4 is 5.32 Å². The molecule has 0 saturated carbocycles. The third-order valence-electron chi connectivity index (χ3n) is 4.08. The summed E-state index contributed by atoms with van der Waals surface area (Å²) in [6.07, 6.45) is 6.37. The van der Waals surface area contributed by atoms with Crippen LogP contribution in [0.3, 0.4) is 0 Å². The predicted octanol–water partition coefficient (Wildman–Crippen LogP) is 3.22. The van der Waals surface area contributed by atoms with Gasteiger partial charge in [0.2, 0.25) is 0 Å². The van der Waals surface area contributed by atoms with E-state index in [1.807, 2.05) is 13.0 Å². The van der Waals surface area contributed by atoms with Crippen LogP contribution in [0.5, 0.6) is 0 Å². The van der Waals surface area contributed by atoms with Crippen LogP contribution in [0, 0.1) is 12.8 Å². The predicted molar refractivity (Wildman–Crippen MR) is 82.7 cm³/mol. The summed E-state index contributed by atoms with van der Waals surface area (Å²) in [5.41, 5.74) is 4.75. The minimum absolute atomic E-state index is 0.463. The maximum absolute atomic E-state index is 10.8. The molecule has 1 unspecified atom stereocenters. The van der Waals surface area contributed by atoms with E-state index in [1.54, 1.807) is 6.33 Å². The highest BCUT2D eigenvalue weighted by atomic mass is 16.1. The van der Waals surface area contributed by atoms with Crippen molar-refractivity contribution in [3.63, 3.8) is 0 Å². The van der Waals surface area contributed by atoms with Crippen molar-refractivity contribution in [2.24, 2.45) is 5.92 Å². The molecule has 4 nitrogen and oxygen atoms in total. The molecule has 21 heavy (non-hydrogen) atoms. The van der Waals surface area contributed by atoms with Gasteiger partial charge in [-0.15, -0.1) is 0 Å². The van der Waals surface area contributed by atoms with Gasteiger partial charge in [-0.1, -0.05) is 12.1 Å². The molecule has 0 fully saturated rings. The number of nitrogens with zero attached hydrogens (tertiary/aromatic N) is 2. The van der Waals surface area contributed by atoms with Gasteiger partial charge in [-0.05, 0) is 49.3 Å². The fraction of sp³-hybridized carbons (Fsp3) is 0.353. The Kier molecular flexibility index (Phi) is 3.95. The van der Waals surface area contributed by atoms with Gasteiger partial charge < -0.3 is 10.1 Å². The van der Waals surface area contributed by atoms with Crippen molar-refractivity contribution in [1.82, 2.24) is 9.97 Å². The van der Waals surface area contributed by atoms with Crippen molar-refractivity contribution in [2.75, 3.05) is 5.32 Å². The molecule has 3 rings (SSSR count). The van der Waals surface area contributed by atoms with Gasteiger partial charge in [-0.2, -0.15) is 0 Å². The number of benzene rings is 1. The minimum atomic E-state index is 0.463. The van der Waals surface area contributed by atoms with E-state index in [9.17, 15) is 4.79 Å². The van der Waals surface area contributed by atoms with Crippen LogP contribution in [-0.4, -0.2) is 16.3 Å². The summed E-state index contributed by atoms with van der Waals surface area (Å²) in [7, 11) is 0. The van der Waals surface area contributed by atoms with E-state index in [4.69, 9.17) is 0 Å². The zero-order chi connectivity index (χ0) is 14.7. The zero-order valence-corrected chi connectivity index (χ0v) is 12.2. The summed E-state index contributed by atoms with van der Waals surface area (Å²) in [6, 6.07) is 8.28. The van der Waals surface area contributed by atoms with Gasteiger partial charge in [-0.25, -0.2) is 9.97 Å². The quantitative estimate of drug-likeness (QED) is 0.874. The number of carbonyl (C=O) groups is 1. The lowest BCUT2D eigenvalue weighted by Gasteiger charge is -2.25. The third kappa shape index (κ3) is 3.10. The minimum Gasteiger partial charge on any atom is -0.340 e. The molecule has 1 heterocycles. The molecule has 1 atom stereocenters. The number of hydrogen-bond donors (Lipinski definition) is 1. The molecule has 0 bridgehead atoms. The number of aromatic nitrogens is 2. The normalized spacial score (nSPS) is 17.1. The van der Waals surface area contributed by atoms with E-state index < -0.39 is 0 Å². The van der Waals surface area contributed by atoms with Crippen LogP contribution in [0.15, 0.2) is 30.6 Å². The van der Waals surface area contributed by atoms with E-state index in [2.05, 4.69) is 33.5 Å². The average molecular weight is 281 g/mol. The lowest BCUT2D eigenvalue weighted by Crippen LogP contribution is -2.16. The second kappa shape index (κ2) is 6.04. The van der Waals surface area contributed by atoms with Gasteiger partial charge >= 0.3 is 0 Å². The Morgan fingerprint density at radius 2 is 2.29 bits per heavy atom. The lowest BCUT2D eigenvalue weighted by atomic mass is 9.82. The van der Waals surface area contributed by atoms with Crippen molar-refractivity contribution in [3.05, 3.63) is 47.4 Å².